The predicted molar refractivity (Wildman–Crippen MR) is 113 cm³/mol. The quantitative estimate of drug-likeness (QED) is 0.721. The number of carbonyl (C=O) groups excluding carboxylic acids is 2. The second-order valence-corrected chi connectivity index (χ2v) is 9.25. The first-order chi connectivity index (χ1) is 13.5. The van der Waals surface area contributed by atoms with Gasteiger partial charge in [0.2, 0.25) is 0 Å². The van der Waals surface area contributed by atoms with E-state index in [1.54, 1.807) is 11.8 Å². The number of aromatic nitrogens is 1. The van der Waals surface area contributed by atoms with Gasteiger partial charge in [-0.1, -0.05) is 28.1 Å². The smallest absolute Gasteiger partial charge is 0.410 e. The number of likely N-dealkylation sites (tertiary alicyclic amines) is 1. The van der Waals surface area contributed by atoms with Crippen LogP contribution in [0.25, 0.3) is 11.3 Å². The minimum absolute atomic E-state index is 0.0147. The first-order valence-corrected chi connectivity index (χ1v) is 10.4. The number of nitrogens with one attached hydrogen (secondary N) is 1. The molecule has 2 amide bonds. The van der Waals surface area contributed by atoms with Crippen molar-refractivity contribution in [2.24, 2.45) is 0 Å². The van der Waals surface area contributed by atoms with E-state index in [-0.39, 0.29) is 24.1 Å². The normalized spacial score (nSPS) is 19.3. The summed E-state index contributed by atoms with van der Waals surface area (Å²) in [6.45, 7) is 9.63. The van der Waals surface area contributed by atoms with E-state index in [2.05, 4.69) is 26.2 Å². The van der Waals surface area contributed by atoms with Crippen molar-refractivity contribution in [2.45, 2.75) is 58.7 Å². The topological polar surface area (TPSA) is 84.7 Å². The fourth-order valence-corrected chi connectivity index (χ4v) is 3.75. The molecule has 0 bridgehead atoms. The molecule has 7 nitrogen and oxygen atoms in total. The van der Waals surface area contributed by atoms with Crippen LogP contribution >= 0.6 is 15.9 Å². The van der Waals surface area contributed by atoms with E-state index in [1.807, 2.05) is 52.0 Å². The Balaban J connectivity index is 1.67. The summed E-state index contributed by atoms with van der Waals surface area (Å²) >= 11 is 3.44. The van der Waals surface area contributed by atoms with E-state index in [1.165, 1.54) is 0 Å². The van der Waals surface area contributed by atoms with Crippen LogP contribution in [0.4, 0.5) is 4.79 Å². The Morgan fingerprint density at radius 3 is 2.72 bits per heavy atom. The van der Waals surface area contributed by atoms with E-state index in [4.69, 9.17) is 9.15 Å². The highest BCUT2D eigenvalue weighted by atomic mass is 79.9. The third-order valence-electron chi connectivity index (χ3n) is 4.62. The van der Waals surface area contributed by atoms with Gasteiger partial charge in [-0.3, -0.25) is 4.79 Å². The molecule has 0 saturated carbocycles. The van der Waals surface area contributed by atoms with Gasteiger partial charge in [-0.2, -0.15) is 0 Å². The highest BCUT2D eigenvalue weighted by Gasteiger charge is 2.36. The molecule has 0 unspecified atom stereocenters. The van der Waals surface area contributed by atoms with Crippen LogP contribution in [0.15, 0.2) is 33.2 Å². The number of halogens is 1. The summed E-state index contributed by atoms with van der Waals surface area (Å²) in [5.74, 6) is 0.185. The zero-order valence-corrected chi connectivity index (χ0v) is 18.9. The molecule has 1 fully saturated rings. The number of hydrogen-bond donors (Lipinski definition) is 1. The molecular weight excluding hydrogens is 438 g/mol. The van der Waals surface area contributed by atoms with Crippen LogP contribution < -0.4 is 5.32 Å². The third-order valence-corrected chi connectivity index (χ3v) is 5.11. The van der Waals surface area contributed by atoms with Crippen LogP contribution in [-0.4, -0.2) is 46.1 Å². The SMILES string of the molecule is Cc1nc(C(=O)N[C@@H]2C[C@@H](C)N(C(=O)OC(C)(C)C)C2)oc1-c1cccc(Br)c1. The molecule has 1 aromatic carbocycles. The summed E-state index contributed by atoms with van der Waals surface area (Å²) in [5.41, 5.74) is 0.925. The van der Waals surface area contributed by atoms with Gasteiger partial charge in [-0.15, -0.1) is 0 Å². The van der Waals surface area contributed by atoms with Gasteiger partial charge in [0, 0.05) is 28.7 Å². The first kappa shape index (κ1) is 21.4. The second kappa shape index (κ2) is 8.18. The van der Waals surface area contributed by atoms with Crippen LogP contribution in [-0.2, 0) is 4.74 Å². The van der Waals surface area contributed by atoms with Crippen molar-refractivity contribution in [2.75, 3.05) is 6.54 Å². The van der Waals surface area contributed by atoms with Crippen LogP contribution in [0.3, 0.4) is 0 Å². The fraction of sp³-hybridized carbons (Fsp3) is 0.476. The maximum Gasteiger partial charge on any atom is 0.410 e. The average molecular weight is 464 g/mol. The molecule has 2 aromatic rings. The molecule has 2 heterocycles. The molecule has 1 N–H and O–H groups in total. The Bertz CT molecular complexity index is 919. The minimum atomic E-state index is -0.559. The molecular formula is C21H26BrN3O4. The highest BCUT2D eigenvalue weighted by molar-refractivity contribution is 9.10. The summed E-state index contributed by atoms with van der Waals surface area (Å²) < 4.78 is 12.1. The zero-order chi connectivity index (χ0) is 21.3. The standard InChI is InChI=1S/C21H26BrN3O4/c1-12-9-16(11-25(12)20(27)29-21(3,4)5)24-18(26)19-23-13(2)17(28-19)14-7-6-8-15(22)10-14/h6-8,10,12,16H,9,11H2,1-5H3,(H,24,26)/t12-,16-/m1/s1. The molecule has 3 rings (SSSR count). The summed E-state index contributed by atoms with van der Waals surface area (Å²) in [4.78, 5) is 31.0. The highest BCUT2D eigenvalue weighted by Crippen LogP contribution is 2.27. The first-order valence-electron chi connectivity index (χ1n) is 9.57. The van der Waals surface area contributed by atoms with Crippen molar-refractivity contribution in [3.05, 3.63) is 40.3 Å². The third kappa shape index (κ3) is 5.18. The Hall–Kier alpha value is -2.35. The van der Waals surface area contributed by atoms with Gasteiger partial charge >= 0.3 is 12.0 Å². The number of ether oxygens (including phenoxy) is 1. The molecule has 29 heavy (non-hydrogen) atoms. The molecule has 0 spiro atoms. The van der Waals surface area contributed by atoms with Gasteiger partial charge in [0.15, 0.2) is 5.76 Å². The van der Waals surface area contributed by atoms with Crippen molar-refractivity contribution in [3.8, 4) is 11.3 Å². The Morgan fingerprint density at radius 1 is 1.34 bits per heavy atom. The van der Waals surface area contributed by atoms with Gasteiger partial charge in [-0.05, 0) is 53.2 Å². The van der Waals surface area contributed by atoms with Crippen LogP contribution in [0, 0.1) is 6.92 Å². The lowest BCUT2D eigenvalue weighted by Gasteiger charge is -2.26. The lowest BCUT2D eigenvalue weighted by Crippen LogP contribution is -2.41. The van der Waals surface area contributed by atoms with E-state index in [9.17, 15) is 9.59 Å². The molecule has 1 saturated heterocycles. The van der Waals surface area contributed by atoms with E-state index in [0.29, 0.717) is 24.4 Å². The maximum atomic E-state index is 12.7. The molecule has 0 aliphatic carbocycles. The molecule has 1 aliphatic rings. The monoisotopic (exact) mass is 463 g/mol. The minimum Gasteiger partial charge on any atom is -0.444 e. The maximum absolute atomic E-state index is 12.7. The largest absolute Gasteiger partial charge is 0.444 e. The molecule has 1 aliphatic heterocycles. The zero-order valence-electron chi connectivity index (χ0n) is 17.3. The summed E-state index contributed by atoms with van der Waals surface area (Å²) in [7, 11) is 0. The summed E-state index contributed by atoms with van der Waals surface area (Å²) in [6.07, 6.45) is 0.272. The fourth-order valence-electron chi connectivity index (χ4n) is 3.35. The van der Waals surface area contributed by atoms with Crippen molar-refractivity contribution >= 4 is 27.9 Å². The van der Waals surface area contributed by atoms with Crippen molar-refractivity contribution in [1.29, 1.82) is 0 Å². The molecule has 1 aromatic heterocycles. The Kier molecular flexibility index (Phi) is 6.03. The summed E-state index contributed by atoms with van der Waals surface area (Å²) in [6, 6.07) is 7.40. The molecule has 2 atom stereocenters. The van der Waals surface area contributed by atoms with Crippen molar-refractivity contribution in [3.63, 3.8) is 0 Å². The average Bonchev–Trinajstić information content (AvgIpc) is 3.16. The van der Waals surface area contributed by atoms with Crippen molar-refractivity contribution in [1.82, 2.24) is 15.2 Å². The predicted octanol–water partition coefficient (Wildman–Crippen LogP) is 4.54. The van der Waals surface area contributed by atoms with Crippen LogP contribution in [0.1, 0.15) is 50.5 Å². The number of amides is 2. The lowest BCUT2D eigenvalue weighted by molar-refractivity contribution is 0.0235. The number of rotatable bonds is 3. The Labute approximate surface area is 178 Å². The van der Waals surface area contributed by atoms with E-state index >= 15 is 0 Å². The number of carbonyl (C=O) groups is 2. The van der Waals surface area contributed by atoms with Gasteiger partial charge < -0.3 is 19.4 Å². The van der Waals surface area contributed by atoms with E-state index in [0.717, 1.165) is 10.0 Å². The second-order valence-electron chi connectivity index (χ2n) is 8.33. The molecule has 0 radical (unpaired) electrons. The number of benzene rings is 1. The van der Waals surface area contributed by atoms with Crippen molar-refractivity contribution < 1.29 is 18.7 Å². The molecule has 8 heteroatoms. The van der Waals surface area contributed by atoms with Gasteiger partial charge in [0.25, 0.3) is 5.89 Å². The van der Waals surface area contributed by atoms with Gasteiger partial charge in [0.1, 0.15) is 5.60 Å². The van der Waals surface area contributed by atoms with Crippen LogP contribution in [0.2, 0.25) is 0 Å². The van der Waals surface area contributed by atoms with E-state index < -0.39 is 11.5 Å². The lowest BCUT2D eigenvalue weighted by atomic mass is 10.1. The molecule has 156 valence electrons. The Morgan fingerprint density at radius 2 is 2.07 bits per heavy atom. The van der Waals surface area contributed by atoms with Gasteiger partial charge in [0.05, 0.1) is 5.69 Å². The number of nitrogens with zero attached hydrogens (tertiary/aromatic N) is 2. The van der Waals surface area contributed by atoms with Gasteiger partial charge in [-0.25, -0.2) is 9.78 Å². The number of aryl methyl sites for hydroxylation is 1. The number of oxazole rings is 1. The summed E-state index contributed by atoms with van der Waals surface area (Å²) in [5, 5.41) is 2.92. The van der Waals surface area contributed by atoms with Crippen LogP contribution in [0.5, 0.6) is 0 Å². The number of hydrogen-bond acceptors (Lipinski definition) is 5.